The predicted octanol–water partition coefficient (Wildman–Crippen LogP) is 1.49. The highest BCUT2D eigenvalue weighted by atomic mass is 16.5. The van der Waals surface area contributed by atoms with Crippen LogP contribution in [0.5, 0.6) is 0 Å². The molecule has 1 aliphatic rings. The average molecular weight is 191 g/mol. The molecular formula is C11H13NO2. The van der Waals surface area contributed by atoms with Crippen molar-refractivity contribution in [2.75, 3.05) is 18.6 Å². The van der Waals surface area contributed by atoms with Crippen molar-refractivity contribution in [2.24, 2.45) is 0 Å². The molecule has 1 heterocycles. The summed E-state index contributed by atoms with van der Waals surface area (Å²) in [7, 11) is 1.79. The quantitative estimate of drug-likeness (QED) is 0.621. The van der Waals surface area contributed by atoms with Crippen molar-refractivity contribution in [3.05, 3.63) is 29.3 Å². The zero-order chi connectivity index (χ0) is 10.1. The van der Waals surface area contributed by atoms with Gasteiger partial charge in [-0.1, -0.05) is 12.1 Å². The summed E-state index contributed by atoms with van der Waals surface area (Å²) in [5, 5.41) is 0. The first kappa shape index (κ1) is 9.21. The number of nitrogens with zero attached hydrogens (tertiary/aromatic N) is 1. The monoisotopic (exact) mass is 191 g/mol. The molecule has 1 aromatic carbocycles. The number of likely N-dealkylation sites (N-methyl/N-ethyl adjacent to an activating group) is 1. The Morgan fingerprint density at radius 3 is 2.93 bits per heavy atom. The molecule has 0 unspecified atom stereocenters. The van der Waals surface area contributed by atoms with E-state index in [-0.39, 0.29) is 12.5 Å². The Morgan fingerprint density at radius 2 is 2.14 bits per heavy atom. The van der Waals surface area contributed by atoms with Crippen molar-refractivity contribution in [2.45, 2.75) is 13.5 Å². The van der Waals surface area contributed by atoms with Crippen LogP contribution in [0.25, 0.3) is 0 Å². The molecule has 14 heavy (non-hydrogen) atoms. The van der Waals surface area contributed by atoms with Crippen LogP contribution in [0.1, 0.15) is 11.1 Å². The van der Waals surface area contributed by atoms with Gasteiger partial charge in [0.1, 0.15) is 6.61 Å². The first-order valence-corrected chi connectivity index (χ1v) is 4.63. The minimum absolute atomic E-state index is 0.00866. The van der Waals surface area contributed by atoms with Crippen LogP contribution in [-0.4, -0.2) is 19.6 Å². The molecule has 1 aliphatic heterocycles. The topological polar surface area (TPSA) is 29.5 Å². The van der Waals surface area contributed by atoms with E-state index in [4.69, 9.17) is 4.74 Å². The number of amides is 1. The van der Waals surface area contributed by atoms with Gasteiger partial charge in [-0.05, 0) is 18.6 Å². The Labute approximate surface area is 83.3 Å². The standard InChI is InChI=1S/C11H13NO2/c1-8-4-3-5-10-9(8)6-14-7-11(13)12(10)2/h3-5H,6-7H2,1-2H3. The highest BCUT2D eigenvalue weighted by Gasteiger charge is 2.19. The number of rotatable bonds is 0. The Hall–Kier alpha value is -1.35. The van der Waals surface area contributed by atoms with Gasteiger partial charge in [0.25, 0.3) is 5.91 Å². The molecule has 1 amide bonds. The van der Waals surface area contributed by atoms with Crippen LogP contribution < -0.4 is 4.90 Å². The molecule has 3 nitrogen and oxygen atoms in total. The van der Waals surface area contributed by atoms with Gasteiger partial charge in [-0.25, -0.2) is 0 Å². The van der Waals surface area contributed by atoms with Crippen LogP contribution in [0.3, 0.4) is 0 Å². The molecular weight excluding hydrogens is 178 g/mol. The first-order chi connectivity index (χ1) is 6.70. The van der Waals surface area contributed by atoms with Crippen molar-refractivity contribution in [3.8, 4) is 0 Å². The number of anilines is 1. The maximum absolute atomic E-state index is 11.5. The first-order valence-electron chi connectivity index (χ1n) is 4.63. The van der Waals surface area contributed by atoms with Crippen molar-refractivity contribution in [3.63, 3.8) is 0 Å². The number of ether oxygens (including phenoxy) is 1. The maximum Gasteiger partial charge on any atom is 0.252 e. The third kappa shape index (κ3) is 1.40. The van der Waals surface area contributed by atoms with Gasteiger partial charge >= 0.3 is 0 Å². The van der Waals surface area contributed by atoms with E-state index < -0.39 is 0 Å². The van der Waals surface area contributed by atoms with Gasteiger partial charge in [0.05, 0.1) is 6.61 Å². The van der Waals surface area contributed by atoms with Gasteiger partial charge in [-0.15, -0.1) is 0 Å². The van der Waals surface area contributed by atoms with Gasteiger partial charge in [0, 0.05) is 18.3 Å². The second-order valence-corrected chi connectivity index (χ2v) is 3.52. The minimum atomic E-state index is 0.00866. The number of fused-ring (bicyclic) bond motifs is 1. The van der Waals surface area contributed by atoms with E-state index in [1.807, 2.05) is 25.1 Å². The summed E-state index contributed by atoms with van der Waals surface area (Å²) in [5.41, 5.74) is 3.25. The summed E-state index contributed by atoms with van der Waals surface area (Å²) in [4.78, 5) is 13.2. The lowest BCUT2D eigenvalue weighted by Crippen LogP contribution is -2.28. The lowest BCUT2D eigenvalue weighted by molar-refractivity contribution is -0.122. The third-order valence-electron chi connectivity index (χ3n) is 2.59. The highest BCUT2D eigenvalue weighted by molar-refractivity contribution is 5.95. The maximum atomic E-state index is 11.5. The normalized spacial score (nSPS) is 16.4. The summed E-state index contributed by atoms with van der Waals surface area (Å²) in [6.07, 6.45) is 0. The van der Waals surface area contributed by atoms with Crippen LogP contribution in [-0.2, 0) is 16.1 Å². The molecule has 74 valence electrons. The fourth-order valence-corrected chi connectivity index (χ4v) is 1.66. The Kier molecular flexibility index (Phi) is 2.25. The second kappa shape index (κ2) is 3.42. The molecule has 0 saturated heterocycles. The Balaban J connectivity index is 2.53. The zero-order valence-electron chi connectivity index (χ0n) is 8.41. The summed E-state index contributed by atoms with van der Waals surface area (Å²) in [5.74, 6) is 0.00866. The summed E-state index contributed by atoms with van der Waals surface area (Å²) in [6.45, 7) is 2.73. The van der Waals surface area contributed by atoms with E-state index in [1.54, 1.807) is 11.9 Å². The fourth-order valence-electron chi connectivity index (χ4n) is 1.66. The van der Waals surface area contributed by atoms with Crippen molar-refractivity contribution in [1.29, 1.82) is 0 Å². The Bertz CT molecular complexity index is 374. The van der Waals surface area contributed by atoms with Crippen LogP contribution in [0.15, 0.2) is 18.2 Å². The van der Waals surface area contributed by atoms with E-state index >= 15 is 0 Å². The van der Waals surface area contributed by atoms with Crippen molar-refractivity contribution >= 4 is 11.6 Å². The van der Waals surface area contributed by atoms with Crippen LogP contribution in [0, 0.1) is 6.92 Å². The molecule has 2 rings (SSSR count). The van der Waals surface area contributed by atoms with Gasteiger partial charge in [-0.3, -0.25) is 4.79 Å². The number of hydrogen-bond donors (Lipinski definition) is 0. The van der Waals surface area contributed by atoms with E-state index in [9.17, 15) is 4.79 Å². The predicted molar refractivity (Wildman–Crippen MR) is 54.2 cm³/mol. The van der Waals surface area contributed by atoms with Gasteiger partial charge in [-0.2, -0.15) is 0 Å². The molecule has 1 aromatic rings. The lowest BCUT2D eigenvalue weighted by Gasteiger charge is -2.17. The molecule has 0 N–H and O–H groups in total. The molecule has 0 saturated carbocycles. The summed E-state index contributed by atoms with van der Waals surface area (Å²) in [6, 6.07) is 5.95. The minimum Gasteiger partial charge on any atom is -0.367 e. The lowest BCUT2D eigenvalue weighted by atomic mass is 10.1. The SMILES string of the molecule is Cc1cccc2c1COCC(=O)N2C. The summed E-state index contributed by atoms with van der Waals surface area (Å²) >= 11 is 0. The molecule has 3 heteroatoms. The number of carbonyl (C=O) groups excluding carboxylic acids is 1. The number of aryl methyl sites for hydroxylation is 1. The van der Waals surface area contributed by atoms with E-state index in [0.717, 1.165) is 11.3 Å². The molecule has 0 radical (unpaired) electrons. The van der Waals surface area contributed by atoms with Crippen LogP contribution in [0.2, 0.25) is 0 Å². The van der Waals surface area contributed by atoms with E-state index in [0.29, 0.717) is 6.61 Å². The molecule has 0 spiro atoms. The van der Waals surface area contributed by atoms with Gasteiger partial charge in [0.15, 0.2) is 0 Å². The number of hydrogen-bond acceptors (Lipinski definition) is 2. The third-order valence-corrected chi connectivity index (χ3v) is 2.59. The van der Waals surface area contributed by atoms with Gasteiger partial charge < -0.3 is 9.64 Å². The van der Waals surface area contributed by atoms with E-state index in [2.05, 4.69) is 0 Å². The van der Waals surface area contributed by atoms with Crippen LogP contribution in [0.4, 0.5) is 5.69 Å². The molecule has 0 aliphatic carbocycles. The molecule has 0 aromatic heterocycles. The molecule has 0 bridgehead atoms. The number of benzene rings is 1. The second-order valence-electron chi connectivity index (χ2n) is 3.52. The largest absolute Gasteiger partial charge is 0.367 e. The van der Waals surface area contributed by atoms with Crippen LogP contribution >= 0.6 is 0 Å². The van der Waals surface area contributed by atoms with Crippen molar-refractivity contribution < 1.29 is 9.53 Å². The number of carbonyl (C=O) groups is 1. The zero-order valence-corrected chi connectivity index (χ0v) is 8.41. The Morgan fingerprint density at radius 1 is 1.36 bits per heavy atom. The van der Waals surface area contributed by atoms with Gasteiger partial charge in [0.2, 0.25) is 0 Å². The molecule has 0 atom stereocenters. The smallest absolute Gasteiger partial charge is 0.252 e. The molecule has 0 fully saturated rings. The highest BCUT2D eigenvalue weighted by Crippen LogP contribution is 2.25. The van der Waals surface area contributed by atoms with E-state index in [1.165, 1.54) is 5.56 Å². The average Bonchev–Trinajstić information content (AvgIpc) is 2.31. The van der Waals surface area contributed by atoms with Crippen molar-refractivity contribution in [1.82, 2.24) is 0 Å². The fraction of sp³-hybridized carbons (Fsp3) is 0.364. The summed E-state index contributed by atoms with van der Waals surface area (Å²) < 4.78 is 5.29.